The van der Waals surface area contributed by atoms with Crippen molar-refractivity contribution in [3.05, 3.63) is 42.0 Å². The molecule has 0 saturated carbocycles. The first-order valence-electron chi connectivity index (χ1n) is 5.63. The van der Waals surface area contributed by atoms with Gasteiger partial charge >= 0.3 is 6.18 Å². The number of nitrogens with two attached hydrogens (primary N) is 1. The molecule has 0 aliphatic heterocycles. The molecule has 0 bridgehead atoms. The highest BCUT2D eigenvalue weighted by Crippen LogP contribution is 2.36. The van der Waals surface area contributed by atoms with Crippen molar-refractivity contribution in [2.75, 3.05) is 6.61 Å². The monoisotopic (exact) mass is 259 g/mol. The fourth-order valence-corrected chi connectivity index (χ4v) is 1.46. The summed E-state index contributed by atoms with van der Waals surface area (Å²) in [5.74, 6) is -0.149. The lowest BCUT2D eigenvalue weighted by molar-refractivity contribution is -0.139. The predicted octanol–water partition coefficient (Wildman–Crippen LogP) is 3.51. The van der Waals surface area contributed by atoms with Gasteiger partial charge in [-0.2, -0.15) is 13.2 Å². The third kappa shape index (κ3) is 4.07. The van der Waals surface area contributed by atoms with Gasteiger partial charge in [0.15, 0.2) is 0 Å². The molecule has 0 radical (unpaired) electrons. The third-order valence-electron chi connectivity index (χ3n) is 2.40. The molecule has 0 aromatic heterocycles. The third-order valence-corrected chi connectivity index (χ3v) is 2.40. The van der Waals surface area contributed by atoms with Crippen molar-refractivity contribution in [2.45, 2.75) is 25.6 Å². The molecule has 0 unspecified atom stereocenters. The molecule has 0 amide bonds. The van der Waals surface area contributed by atoms with Crippen LogP contribution in [0.4, 0.5) is 13.2 Å². The normalized spacial score (nSPS) is 11.3. The van der Waals surface area contributed by atoms with Crippen molar-refractivity contribution in [3.8, 4) is 5.75 Å². The Balaban J connectivity index is 2.85. The highest BCUT2D eigenvalue weighted by molar-refractivity contribution is 5.39. The molecule has 2 N–H and O–H groups in total. The Bertz CT molecular complexity index is 402. The van der Waals surface area contributed by atoms with Crippen LogP contribution in [-0.2, 0) is 12.7 Å². The molecule has 0 saturated heterocycles. The summed E-state index contributed by atoms with van der Waals surface area (Å²) >= 11 is 0. The number of hydrogen-bond acceptors (Lipinski definition) is 2. The largest absolute Gasteiger partial charge is 0.493 e. The molecule has 100 valence electrons. The molecule has 0 spiro atoms. The topological polar surface area (TPSA) is 35.2 Å². The molecule has 5 heteroatoms. The Labute approximate surface area is 104 Å². The van der Waals surface area contributed by atoms with E-state index in [4.69, 9.17) is 10.5 Å². The summed E-state index contributed by atoms with van der Waals surface area (Å²) in [6.45, 7) is 3.84. The van der Waals surface area contributed by atoms with Crippen LogP contribution in [0.15, 0.2) is 30.9 Å². The fourth-order valence-electron chi connectivity index (χ4n) is 1.46. The van der Waals surface area contributed by atoms with Gasteiger partial charge in [0.2, 0.25) is 0 Å². The van der Waals surface area contributed by atoms with Crippen LogP contribution in [0.2, 0.25) is 0 Å². The zero-order chi connectivity index (χ0) is 13.6. The van der Waals surface area contributed by atoms with Gasteiger partial charge in [0.25, 0.3) is 0 Å². The van der Waals surface area contributed by atoms with Crippen LogP contribution in [-0.4, -0.2) is 6.61 Å². The summed E-state index contributed by atoms with van der Waals surface area (Å²) in [5, 5.41) is 0. The van der Waals surface area contributed by atoms with Crippen molar-refractivity contribution < 1.29 is 17.9 Å². The molecule has 0 atom stereocenters. The summed E-state index contributed by atoms with van der Waals surface area (Å²) < 4.78 is 43.6. The Morgan fingerprint density at radius 3 is 2.61 bits per heavy atom. The minimum Gasteiger partial charge on any atom is -0.493 e. The number of hydrogen-bond donors (Lipinski definition) is 1. The van der Waals surface area contributed by atoms with Gasteiger partial charge in [0.1, 0.15) is 5.75 Å². The summed E-state index contributed by atoms with van der Waals surface area (Å²) in [6.07, 6.45) is -1.38. The lowest BCUT2D eigenvalue weighted by Crippen LogP contribution is -2.11. The first-order valence-corrected chi connectivity index (χ1v) is 5.63. The summed E-state index contributed by atoms with van der Waals surface area (Å²) in [4.78, 5) is 0. The van der Waals surface area contributed by atoms with Gasteiger partial charge in [-0.15, -0.1) is 6.58 Å². The second-order valence-electron chi connectivity index (χ2n) is 3.81. The van der Waals surface area contributed by atoms with Crippen molar-refractivity contribution in [3.63, 3.8) is 0 Å². The van der Waals surface area contributed by atoms with E-state index in [2.05, 4.69) is 6.58 Å². The van der Waals surface area contributed by atoms with Crippen LogP contribution >= 0.6 is 0 Å². The van der Waals surface area contributed by atoms with Crippen LogP contribution in [0.3, 0.4) is 0 Å². The van der Waals surface area contributed by atoms with Crippen molar-refractivity contribution in [1.82, 2.24) is 0 Å². The van der Waals surface area contributed by atoms with E-state index in [1.54, 1.807) is 6.08 Å². The molecule has 0 aliphatic carbocycles. The number of halogens is 3. The van der Waals surface area contributed by atoms with E-state index in [-0.39, 0.29) is 18.9 Å². The Kier molecular flexibility index (Phi) is 5.22. The zero-order valence-corrected chi connectivity index (χ0v) is 9.96. The molecule has 0 aliphatic rings. The average Bonchev–Trinajstić information content (AvgIpc) is 2.33. The smallest absolute Gasteiger partial charge is 0.419 e. The van der Waals surface area contributed by atoms with E-state index >= 15 is 0 Å². The molecular formula is C13H16F3NO. The van der Waals surface area contributed by atoms with Crippen LogP contribution < -0.4 is 10.5 Å². The molecule has 1 rings (SSSR count). The lowest BCUT2D eigenvalue weighted by Gasteiger charge is -2.14. The summed E-state index contributed by atoms with van der Waals surface area (Å²) in [7, 11) is 0. The minimum absolute atomic E-state index is 0.0693. The average molecular weight is 259 g/mol. The highest BCUT2D eigenvalue weighted by atomic mass is 19.4. The summed E-state index contributed by atoms with van der Waals surface area (Å²) in [6, 6.07) is 3.89. The van der Waals surface area contributed by atoms with Gasteiger partial charge in [0.05, 0.1) is 12.2 Å². The Morgan fingerprint density at radius 2 is 2.06 bits per heavy atom. The molecule has 2 nitrogen and oxygen atoms in total. The van der Waals surface area contributed by atoms with Gasteiger partial charge in [-0.25, -0.2) is 0 Å². The number of alkyl halides is 3. The minimum atomic E-state index is -4.43. The van der Waals surface area contributed by atoms with Gasteiger partial charge < -0.3 is 10.5 Å². The molecule has 0 heterocycles. The van der Waals surface area contributed by atoms with Crippen LogP contribution in [0.5, 0.6) is 5.75 Å². The van der Waals surface area contributed by atoms with Gasteiger partial charge in [-0.3, -0.25) is 0 Å². The van der Waals surface area contributed by atoms with Crippen molar-refractivity contribution >= 4 is 0 Å². The number of rotatable bonds is 6. The second kappa shape index (κ2) is 6.44. The standard InChI is InChI=1S/C13H16F3NO/c1-2-3-4-7-18-12-6-5-10(9-17)8-11(12)13(14,15)16/h2,5-6,8H,1,3-4,7,9,17H2. The van der Waals surface area contributed by atoms with E-state index in [0.29, 0.717) is 18.4 Å². The van der Waals surface area contributed by atoms with Crippen LogP contribution in [0.25, 0.3) is 0 Å². The number of unbranched alkanes of at least 4 members (excludes halogenated alkanes) is 1. The maximum Gasteiger partial charge on any atom is 0.419 e. The van der Waals surface area contributed by atoms with E-state index in [9.17, 15) is 13.2 Å². The molecular weight excluding hydrogens is 243 g/mol. The van der Waals surface area contributed by atoms with Gasteiger partial charge in [-0.05, 0) is 30.5 Å². The maximum absolute atomic E-state index is 12.8. The molecule has 0 fully saturated rings. The van der Waals surface area contributed by atoms with Gasteiger partial charge in [0, 0.05) is 6.54 Å². The lowest BCUT2D eigenvalue weighted by atomic mass is 10.1. The molecule has 1 aromatic carbocycles. The van der Waals surface area contributed by atoms with Crippen molar-refractivity contribution in [1.29, 1.82) is 0 Å². The van der Waals surface area contributed by atoms with Crippen molar-refractivity contribution in [2.24, 2.45) is 5.73 Å². The maximum atomic E-state index is 12.8. The number of allylic oxidation sites excluding steroid dienone is 1. The SMILES string of the molecule is C=CCCCOc1ccc(CN)cc1C(F)(F)F. The quantitative estimate of drug-likeness (QED) is 0.626. The first kappa shape index (κ1) is 14.6. The Morgan fingerprint density at radius 1 is 1.33 bits per heavy atom. The fraction of sp³-hybridized carbons (Fsp3) is 0.385. The highest BCUT2D eigenvalue weighted by Gasteiger charge is 2.34. The zero-order valence-electron chi connectivity index (χ0n) is 9.96. The Hall–Kier alpha value is -1.49. The van der Waals surface area contributed by atoms with E-state index in [0.717, 1.165) is 6.07 Å². The van der Waals surface area contributed by atoms with E-state index < -0.39 is 11.7 Å². The number of ether oxygens (including phenoxy) is 1. The predicted molar refractivity (Wildman–Crippen MR) is 64.3 cm³/mol. The van der Waals surface area contributed by atoms with E-state index in [1.165, 1.54) is 12.1 Å². The molecule has 18 heavy (non-hydrogen) atoms. The van der Waals surface area contributed by atoms with Crippen LogP contribution in [0.1, 0.15) is 24.0 Å². The van der Waals surface area contributed by atoms with E-state index in [1.807, 2.05) is 0 Å². The molecule has 1 aromatic rings. The summed E-state index contributed by atoms with van der Waals surface area (Å²) in [5.41, 5.74) is 4.99. The first-order chi connectivity index (χ1) is 8.49. The van der Waals surface area contributed by atoms with Gasteiger partial charge in [-0.1, -0.05) is 12.1 Å². The van der Waals surface area contributed by atoms with Crippen LogP contribution in [0, 0.1) is 0 Å². The number of benzene rings is 1. The second-order valence-corrected chi connectivity index (χ2v) is 3.81.